The zero-order valence-corrected chi connectivity index (χ0v) is 15.8. The van der Waals surface area contributed by atoms with Gasteiger partial charge in [-0.1, -0.05) is 12.5 Å². The minimum atomic E-state index is -3.53. The molecule has 2 heterocycles. The summed E-state index contributed by atoms with van der Waals surface area (Å²) in [5.41, 5.74) is 2.09. The van der Waals surface area contributed by atoms with E-state index in [0.29, 0.717) is 37.6 Å². The maximum atomic E-state index is 12.6. The van der Waals surface area contributed by atoms with Crippen LogP contribution in [0.15, 0.2) is 23.1 Å². The highest BCUT2D eigenvalue weighted by Gasteiger charge is 2.31. The van der Waals surface area contributed by atoms with Crippen LogP contribution in [0, 0.1) is 5.92 Å². The summed E-state index contributed by atoms with van der Waals surface area (Å²) in [6.07, 6.45) is 5.75. The summed E-state index contributed by atoms with van der Waals surface area (Å²) in [6, 6.07) is 5.27. The molecule has 2 aliphatic heterocycles. The van der Waals surface area contributed by atoms with E-state index in [0.717, 1.165) is 43.2 Å². The Balaban J connectivity index is 1.43. The molecule has 2 fully saturated rings. The maximum Gasteiger partial charge on any atom is 0.240 e. The van der Waals surface area contributed by atoms with Gasteiger partial charge in [-0.25, -0.2) is 13.1 Å². The van der Waals surface area contributed by atoms with E-state index < -0.39 is 10.0 Å². The number of rotatable bonds is 5. The number of benzene rings is 1. The smallest absolute Gasteiger partial charge is 0.240 e. The molecule has 1 saturated heterocycles. The van der Waals surface area contributed by atoms with Gasteiger partial charge < -0.3 is 9.64 Å². The normalized spacial score (nSPS) is 23.5. The number of sulfonamides is 1. The van der Waals surface area contributed by atoms with Crippen molar-refractivity contribution in [3.8, 4) is 0 Å². The Morgan fingerprint density at radius 2 is 2.04 bits per heavy atom. The topological polar surface area (TPSA) is 75.7 Å². The minimum absolute atomic E-state index is 0.0199. The number of nitrogens with one attached hydrogen (secondary N) is 1. The van der Waals surface area contributed by atoms with E-state index >= 15 is 0 Å². The molecule has 1 unspecified atom stereocenters. The van der Waals surface area contributed by atoms with Gasteiger partial charge in [-0.05, 0) is 55.4 Å². The zero-order chi connectivity index (χ0) is 18.1. The number of carbonyl (C=O) groups is 1. The van der Waals surface area contributed by atoms with E-state index in [4.69, 9.17) is 4.74 Å². The molecule has 0 radical (unpaired) electrons. The second-order valence-electron chi connectivity index (χ2n) is 7.56. The summed E-state index contributed by atoms with van der Waals surface area (Å²) < 4.78 is 33.2. The van der Waals surface area contributed by atoms with Crippen LogP contribution in [0.2, 0.25) is 0 Å². The SMILES string of the molecule is O=C(C1CCC1)N1CCc2cc(S(=O)(=O)NCC3CCCO3)ccc2C1. The van der Waals surface area contributed by atoms with Crippen LogP contribution in [0.25, 0.3) is 0 Å². The Bertz CT molecular complexity index is 783. The van der Waals surface area contributed by atoms with E-state index in [-0.39, 0.29) is 17.9 Å². The highest BCUT2D eigenvalue weighted by atomic mass is 32.2. The van der Waals surface area contributed by atoms with E-state index in [1.165, 1.54) is 0 Å². The van der Waals surface area contributed by atoms with Gasteiger partial charge in [0.05, 0.1) is 11.0 Å². The number of hydrogen-bond donors (Lipinski definition) is 1. The average molecular weight is 378 g/mol. The van der Waals surface area contributed by atoms with Crippen LogP contribution >= 0.6 is 0 Å². The van der Waals surface area contributed by atoms with Crippen molar-refractivity contribution in [3.05, 3.63) is 29.3 Å². The highest BCUT2D eigenvalue weighted by molar-refractivity contribution is 7.89. The van der Waals surface area contributed by atoms with Crippen molar-refractivity contribution < 1.29 is 17.9 Å². The van der Waals surface area contributed by atoms with Crippen molar-refractivity contribution in [3.63, 3.8) is 0 Å². The van der Waals surface area contributed by atoms with Gasteiger partial charge in [-0.3, -0.25) is 4.79 Å². The monoisotopic (exact) mass is 378 g/mol. The lowest BCUT2D eigenvalue weighted by atomic mass is 9.84. The molecule has 1 N–H and O–H groups in total. The van der Waals surface area contributed by atoms with Gasteiger partial charge in [0.2, 0.25) is 15.9 Å². The molecule has 6 nitrogen and oxygen atoms in total. The van der Waals surface area contributed by atoms with Crippen molar-refractivity contribution in [1.29, 1.82) is 0 Å². The van der Waals surface area contributed by atoms with Crippen LogP contribution in [0.1, 0.15) is 43.2 Å². The molecule has 4 rings (SSSR count). The fourth-order valence-corrected chi connectivity index (χ4v) is 5.01. The lowest BCUT2D eigenvalue weighted by Crippen LogP contribution is -2.41. The quantitative estimate of drug-likeness (QED) is 0.848. The van der Waals surface area contributed by atoms with Crippen LogP contribution in [-0.4, -0.2) is 45.0 Å². The van der Waals surface area contributed by atoms with Gasteiger partial charge >= 0.3 is 0 Å². The van der Waals surface area contributed by atoms with E-state index in [2.05, 4.69) is 4.72 Å². The van der Waals surface area contributed by atoms with Crippen LogP contribution in [0.4, 0.5) is 0 Å². The molecule has 3 aliphatic rings. The second-order valence-corrected chi connectivity index (χ2v) is 9.32. The minimum Gasteiger partial charge on any atom is -0.377 e. The second kappa shape index (κ2) is 7.29. The lowest BCUT2D eigenvalue weighted by Gasteiger charge is -2.35. The maximum absolute atomic E-state index is 12.6. The number of fused-ring (bicyclic) bond motifs is 1. The lowest BCUT2D eigenvalue weighted by molar-refractivity contribution is -0.139. The summed E-state index contributed by atoms with van der Waals surface area (Å²) in [6.45, 7) is 2.30. The molecule has 1 aromatic rings. The molecule has 7 heteroatoms. The molecule has 1 saturated carbocycles. The van der Waals surface area contributed by atoms with Crippen molar-refractivity contribution >= 4 is 15.9 Å². The third kappa shape index (κ3) is 3.66. The largest absolute Gasteiger partial charge is 0.377 e. The summed E-state index contributed by atoms with van der Waals surface area (Å²) >= 11 is 0. The number of hydrogen-bond acceptors (Lipinski definition) is 4. The fourth-order valence-electron chi connectivity index (χ4n) is 3.89. The molecule has 1 aromatic carbocycles. The zero-order valence-electron chi connectivity index (χ0n) is 14.9. The first-order chi connectivity index (χ1) is 12.5. The number of nitrogens with zero attached hydrogens (tertiary/aromatic N) is 1. The van der Waals surface area contributed by atoms with Crippen LogP contribution in [-0.2, 0) is 32.5 Å². The van der Waals surface area contributed by atoms with Crippen molar-refractivity contribution in [1.82, 2.24) is 9.62 Å². The fraction of sp³-hybridized carbons (Fsp3) is 0.632. The first kappa shape index (κ1) is 17.9. The van der Waals surface area contributed by atoms with Crippen molar-refractivity contribution in [2.45, 2.75) is 56.1 Å². The Hall–Kier alpha value is -1.44. The standard InChI is InChI=1S/C19H26N2O4S/c22-19(14-3-1-4-14)21-9-8-15-11-18(7-6-16(15)13-21)26(23,24)20-12-17-5-2-10-25-17/h6-7,11,14,17,20H,1-5,8-10,12-13H2. The Kier molecular flexibility index (Phi) is 5.03. The van der Waals surface area contributed by atoms with Crippen molar-refractivity contribution in [2.24, 2.45) is 5.92 Å². The van der Waals surface area contributed by atoms with Crippen molar-refractivity contribution in [2.75, 3.05) is 19.7 Å². The molecule has 1 amide bonds. The van der Waals surface area contributed by atoms with Gasteiger partial charge in [0.1, 0.15) is 0 Å². The Morgan fingerprint density at radius 3 is 2.73 bits per heavy atom. The summed E-state index contributed by atoms with van der Waals surface area (Å²) in [5.74, 6) is 0.468. The molecule has 0 spiro atoms. The Morgan fingerprint density at radius 1 is 1.19 bits per heavy atom. The molecule has 0 bridgehead atoms. The summed E-state index contributed by atoms with van der Waals surface area (Å²) in [5, 5.41) is 0. The van der Waals surface area contributed by atoms with E-state index in [1.54, 1.807) is 12.1 Å². The molecular weight excluding hydrogens is 352 g/mol. The van der Waals surface area contributed by atoms with Crippen LogP contribution in [0.3, 0.4) is 0 Å². The summed E-state index contributed by atoms with van der Waals surface area (Å²) in [7, 11) is -3.53. The van der Waals surface area contributed by atoms with Gasteiger partial charge in [0.15, 0.2) is 0 Å². The first-order valence-electron chi connectivity index (χ1n) is 9.55. The van der Waals surface area contributed by atoms with Gasteiger partial charge in [0, 0.05) is 32.2 Å². The molecule has 1 aliphatic carbocycles. The average Bonchev–Trinajstić information content (AvgIpc) is 3.11. The molecule has 1 atom stereocenters. The molecular formula is C19H26N2O4S. The summed E-state index contributed by atoms with van der Waals surface area (Å²) in [4.78, 5) is 14.7. The van der Waals surface area contributed by atoms with Crippen LogP contribution < -0.4 is 4.72 Å². The first-order valence-corrected chi connectivity index (χ1v) is 11.0. The third-order valence-corrected chi connectivity index (χ3v) is 7.21. The predicted molar refractivity (Wildman–Crippen MR) is 97.1 cm³/mol. The third-order valence-electron chi connectivity index (χ3n) is 5.79. The van der Waals surface area contributed by atoms with Gasteiger partial charge in [-0.2, -0.15) is 0 Å². The van der Waals surface area contributed by atoms with Gasteiger partial charge in [0.25, 0.3) is 0 Å². The van der Waals surface area contributed by atoms with Crippen LogP contribution in [0.5, 0.6) is 0 Å². The number of amides is 1. The highest BCUT2D eigenvalue weighted by Crippen LogP contribution is 2.31. The number of carbonyl (C=O) groups excluding carboxylic acids is 1. The predicted octanol–water partition coefficient (Wildman–Crippen LogP) is 1.83. The molecule has 26 heavy (non-hydrogen) atoms. The van der Waals surface area contributed by atoms with E-state index in [1.807, 2.05) is 11.0 Å². The van der Waals surface area contributed by atoms with E-state index in [9.17, 15) is 13.2 Å². The molecule has 0 aromatic heterocycles. The Labute approximate surface area is 155 Å². The molecule has 142 valence electrons. The number of ether oxygens (including phenoxy) is 1. The van der Waals surface area contributed by atoms with Gasteiger partial charge in [-0.15, -0.1) is 0 Å².